The van der Waals surface area contributed by atoms with E-state index in [1.165, 1.54) is 0 Å². The summed E-state index contributed by atoms with van der Waals surface area (Å²) in [6.45, 7) is 4.77. The van der Waals surface area contributed by atoms with Gasteiger partial charge in [-0.3, -0.25) is 4.79 Å². The first-order valence-electron chi connectivity index (χ1n) is 6.36. The summed E-state index contributed by atoms with van der Waals surface area (Å²) in [5.74, 6) is 1.71. The Balaban J connectivity index is 1.83. The first kappa shape index (κ1) is 12.3. The molecule has 0 saturated carbocycles. The fourth-order valence-corrected chi connectivity index (χ4v) is 2.49. The fourth-order valence-electron chi connectivity index (χ4n) is 2.49. The van der Waals surface area contributed by atoms with E-state index in [-0.39, 0.29) is 5.92 Å². The Morgan fingerprint density at radius 2 is 2.41 bits per heavy atom. The molecule has 4 nitrogen and oxygen atoms in total. The van der Waals surface area contributed by atoms with E-state index in [1.54, 1.807) is 6.92 Å². The molecule has 0 aliphatic carbocycles. The molecule has 2 heterocycles. The molecule has 0 N–H and O–H groups in total. The zero-order chi connectivity index (χ0) is 12.3. The van der Waals surface area contributed by atoms with Gasteiger partial charge in [-0.2, -0.15) is 0 Å². The van der Waals surface area contributed by atoms with Crippen molar-refractivity contribution in [1.29, 1.82) is 0 Å². The number of aromatic nitrogens is 2. The van der Waals surface area contributed by atoms with Crippen molar-refractivity contribution in [1.82, 2.24) is 14.5 Å². The highest BCUT2D eigenvalue weighted by molar-refractivity contribution is 5.78. The number of rotatable bonds is 4. The molecule has 4 heteroatoms. The van der Waals surface area contributed by atoms with Crippen molar-refractivity contribution in [2.45, 2.75) is 26.2 Å². The van der Waals surface area contributed by atoms with Crippen LogP contribution in [0.4, 0.5) is 0 Å². The first-order chi connectivity index (χ1) is 8.16. The van der Waals surface area contributed by atoms with Gasteiger partial charge in [0.25, 0.3) is 0 Å². The number of aryl methyl sites for hydroxylation is 1. The highest BCUT2D eigenvalue weighted by atomic mass is 16.1. The summed E-state index contributed by atoms with van der Waals surface area (Å²) in [5, 5.41) is 0. The maximum absolute atomic E-state index is 11.4. The first-order valence-corrected chi connectivity index (χ1v) is 6.36. The molecule has 0 amide bonds. The van der Waals surface area contributed by atoms with Crippen LogP contribution in [0.15, 0.2) is 12.4 Å². The van der Waals surface area contributed by atoms with Gasteiger partial charge in [0.1, 0.15) is 11.6 Å². The number of Topliss-reactive ketones (excluding diaryl/α,β-unsaturated/α-hetero) is 1. The van der Waals surface area contributed by atoms with E-state index in [2.05, 4.69) is 14.5 Å². The number of likely N-dealkylation sites (tertiary alicyclic amines) is 1. The zero-order valence-electron chi connectivity index (χ0n) is 10.7. The quantitative estimate of drug-likeness (QED) is 0.788. The van der Waals surface area contributed by atoms with E-state index in [4.69, 9.17) is 0 Å². The van der Waals surface area contributed by atoms with Gasteiger partial charge >= 0.3 is 0 Å². The predicted molar refractivity (Wildman–Crippen MR) is 66.8 cm³/mol. The van der Waals surface area contributed by atoms with Gasteiger partial charge in [-0.1, -0.05) is 0 Å². The lowest BCUT2D eigenvalue weighted by molar-refractivity contribution is -0.122. The van der Waals surface area contributed by atoms with Crippen LogP contribution in [0.1, 0.15) is 25.6 Å². The van der Waals surface area contributed by atoms with E-state index < -0.39 is 0 Å². The van der Waals surface area contributed by atoms with Crippen LogP contribution in [-0.2, 0) is 18.3 Å². The van der Waals surface area contributed by atoms with Gasteiger partial charge in [0.2, 0.25) is 0 Å². The molecule has 0 spiro atoms. The summed E-state index contributed by atoms with van der Waals surface area (Å²) < 4.78 is 2.06. The number of hydrogen-bond acceptors (Lipinski definition) is 3. The minimum absolute atomic E-state index is 0.255. The SMILES string of the molecule is CC(=O)C1CCCN(CCc2nccn2C)C1. The van der Waals surface area contributed by atoms with Crippen molar-refractivity contribution in [2.75, 3.05) is 19.6 Å². The molecular weight excluding hydrogens is 214 g/mol. The number of carbonyl (C=O) groups excluding carboxylic acids is 1. The standard InChI is InChI=1S/C13H21N3O/c1-11(17)12-4-3-7-16(10-12)8-5-13-14-6-9-15(13)2/h6,9,12H,3-5,7-8,10H2,1-2H3. The molecule has 2 rings (SSSR count). The fraction of sp³-hybridized carbons (Fsp3) is 0.692. The normalized spacial score (nSPS) is 21.6. The van der Waals surface area contributed by atoms with Crippen molar-refractivity contribution in [2.24, 2.45) is 13.0 Å². The molecule has 0 radical (unpaired) electrons. The van der Waals surface area contributed by atoms with E-state index in [0.717, 1.165) is 44.7 Å². The second-order valence-electron chi connectivity index (χ2n) is 4.95. The van der Waals surface area contributed by atoms with Crippen LogP contribution in [0.5, 0.6) is 0 Å². The van der Waals surface area contributed by atoms with Gasteiger partial charge < -0.3 is 9.47 Å². The summed E-state index contributed by atoms with van der Waals surface area (Å²) in [7, 11) is 2.02. The Labute approximate surface area is 103 Å². The molecule has 94 valence electrons. The minimum atomic E-state index is 0.255. The van der Waals surface area contributed by atoms with Crippen molar-refractivity contribution >= 4 is 5.78 Å². The molecule has 1 aromatic heterocycles. The molecule has 0 aromatic carbocycles. The highest BCUT2D eigenvalue weighted by Gasteiger charge is 2.22. The topological polar surface area (TPSA) is 38.1 Å². The van der Waals surface area contributed by atoms with Crippen molar-refractivity contribution < 1.29 is 4.79 Å². The summed E-state index contributed by atoms with van der Waals surface area (Å²) in [4.78, 5) is 18.1. The Morgan fingerprint density at radius 1 is 1.59 bits per heavy atom. The number of nitrogens with zero attached hydrogens (tertiary/aromatic N) is 3. The van der Waals surface area contributed by atoms with Gasteiger partial charge in [-0.15, -0.1) is 0 Å². The lowest BCUT2D eigenvalue weighted by Gasteiger charge is -2.31. The molecule has 17 heavy (non-hydrogen) atoms. The largest absolute Gasteiger partial charge is 0.338 e. The van der Waals surface area contributed by atoms with E-state index in [1.807, 2.05) is 19.4 Å². The monoisotopic (exact) mass is 235 g/mol. The lowest BCUT2D eigenvalue weighted by Crippen LogP contribution is -2.39. The Hall–Kier alpha value is -1.16. The van der Waals surface area contributed by atoms with Crippen LogP contribution in [0.3, 0.4) is 0 Å². The molecule has 0 bridgehead atoms. The molecule has 1 aliphatic heterocycles. The summed E-state index contributed by atoms with van der Waals surface area (Å²) in [6.07, 6.45) is 6.99. The maximum Gasteiger partial charge on any atom is 0.134 e. The van der Waals surface area contributed by atoms with Crippen LogP contribution >= 0.6 is 0 Å². The lowest BCUT2D eigenvalue weighted by atomic mass is 9.94. The molecule has 1 aliphatic rings. The van der Waals surface area contributed by atoms with Gasteiger partial charge in [0.15, 0.2) is 0 Å². The van der Waals surface area contributed by atoms with Crippen LogP contribution < -0.4 is 0 Å². The Morgan fingerprint density at radius 3 is 3.06 bits per heavy atom. The maximum atomic E-state index is 11.4. The third-order valence-corrected chi connectivity index (χ3v) is 3.65. The van der Waals surface area contributed by atoms with Crippen LogP contribution in [0.25, 0.3) is 0 Å². The molecule has 1 unspecified atom stereocenters. The second kappa shape index (κ2) is 5.45. The van der Waals surface area contributed by atoms with Crippen LogP contribution in [-0.4, -0.2) is 39.9 Å². The summed E-state index contributed by atoms with van der Waals surface area (Å²) >= 11 is 0. The number of carbonyl (C=O) groups is 1. The van der Waals surface area contributed by atoms with Gasteiger partial charge in [-0.25, -0.2) is 4.98 Å². The Kier molecular flexibility index (Phi) is 3.94. The molecule has 1 fully saturated rings. The zero-order valence-corrected chi connectivity index (χ0v) is 10.7. The third-order valence-electron chi connectivity index (χ3n) is 3.65. The summed E-state index contributed by atoms with van der Waals surface area (Å²) in [6, 6.07) is 0. The predicted octanol–water partition coefficient (Wildman–Crippen LogP) is 1.26. The van der Waals surface area contributed by atoms with Crippen molar-refractivity contribution in [3.05, 3.63) is 18.2 Å². The van der Waals surface area contributed by atoms with Gasteiger partial charge in [0, 0.05) is 44.9 Å². The van der Waals surface area contributed by atoms with Crippen LogP contribution in [0, 0.1) is 5.92 Å². The molecule has 1 aromatic rings. The third kappa shape index (κ3) is 3.16. The number of hydrogen-bond donors (Lipinski definition) is 0. The minimum Gasteiger partial charge on any atom is -0.338 e. The molecule has 1 saturated heterocycles. The van der Waals surface area contributed by atoms with Crippen LogP contribution in [0.2, 0.25) is 0 Å². The van der Waals surface area contributed by atoms with Crippen molar-refractivity contribution in [3.63, 3.8) is 0 Å². The summed E-state index contributed by atoms with van der Waals surface area (Å²) in [5.41, 5.74) is 0. The van der Waals surface area contributed by atoms with E-state index in [0.29, 0.717) is 5.78 Å². The second-order valence-corrected chi connectivity index (χ2v) is 4.95. The van der Waals surface area contributed by atoms with E-state index >= 15 is 0 Å². The number of piperidine rings is 1. The van der Waals surface area contributed by atoms with E-state index in [9.17, 15) is 4.79 Å². The van der Waals surface area contributed by atoms with Gasteiger partial charge in [0.05, 0.1) is 0 Å². The number of ketones is 1. The van der Waals surface area contributed by atoms with Crippen molar-refractivity contribution in [3.8, 4) is 0 Å². The number of imidazole rings is 1. The average Bonchev–Trinajstić information content (AvgIpc) is 2.72. The highest BCUT2D eigenvalue weighted by Crippen LogP contribution is 2.17. The Bertz CT molecular complexity index is 386. The molecular formula is C13H21N3O. The molecule has 1 atom stereocenters. The smallest absolute Gasteiger partial charge is 0.134 e. The average molecular weight is 235 g/mol. The van der Waals surface area contributed by atoms with Gasteiger partial charge in [-0.05, 0) is 26.3 Å².